The van der Waals surface area contributed by atoms with Crippen molar-refractivity contribution >= 4 is 5.97 Å². The molecule has 0 aromatic rings. The van der Waals surface area contributed by atoms with Gasteiger partial charge in [0.15, 0.2) is 6.19 Å². The summed E-state index contributed by atoms with van der Waals surface area (Å²) in [4.78, 5) is 13.0. The van der Waals surface area contributed by atoms with Crippen LogP contribution in [0.5, 0.6) is 0 Å². The molecule has 1 heterocycles. The van der Waals surface area contributed by atoms with E-state index >= 15 is 0 Å². The molecule has 4 heteroatoms. The molecule has 0 amide bonds. The van der Waals surface area contributed by atoms with Crippen LogP contribution in [0.1, 0.15) is 33.1 Å². The zero-order valence-electron chi connectivity index (χ0n) is 8.69. The molecule has 0 aliphatic carbocycles. The molecule has 78 valence electrons. The molecule has 14 heavy (non-hydrogen) atoms. The molecule has 1 aliphatic rings. The molecule has 4 nitrogen and oxygen atoms in total. The van der Waals surface area contributed by atoms with Crippen molar-refractivity contribution in [3.8, 4) is 6.19 Å². The number of rotatable bonds is 3. The first-order valence-corrected chi connectivity index (χ1v) is 4.99. The largest absolute Gasteiger partial charge is 0.463 e. The molecule has 1 unspecified atom stereocenters. The average Bonchev–Trinajstić information content (AvgIpc) is 2.50. The van der Waals surface area contributed by atoms with Crippen molar-refractivity contribution in [2.24, 2.45) is 0 Å². The first kappa shape index (κ1) is 10.8. The molecule has 0 saturated carbocycles. The van der Waals surface area contributed by atoms with Crippen molar-refractivity contribution in [1.82, 2.24) is 4.90 Å². The van der Waals surface area contributed by atoms with E-state index < -0.39 is 0 Å². The van der Waals surface area contributed by atoms with Crippen LogP contribution in [0.25, 0.3) is 0 Å². The van der Waals surface area contributed by atoms with E-state index in [4.69, 9.17) is 10.00 Å². The molecular formula is C10H16N2O2. The van der Waals surface area contributed by atoms with Gasteiger partial charge in [0.25, 0.3) is 0 Å². The first-order chi connectivity index (χ1) is 6.63. The number of hydrogen-bond donors (Lipinski definition) is 0. The minimum Gasteiger partial charge on any atom is -0.463 e. The lowest BCUT2D eigenvalue weighted by atomic mass is 10.1. The second-order valence-electron chi connectivity index (χ2n) is 3.83. The van der Waals surface area contributed by atoms with Gasteiger partial charge in [-0.3, -0.25) is 4.79 Å². The molecule has 0 radical (unpaired) electrons. The van der Waals surface area contributed by atoms with Gasteiger partial charge in [0, 0.05) is 12.6 Å². The second-order valence-corrected chi connectivity index (χ2v) is 3.83. The Hall–Kier alpha value is -1.24. The Labute approximate surface area is 84.4 Å². The number of likely N-dealkylation sites (tertiary alicyclic amines) is 1. The highest BCUT2D eigenvalue weighted by molar-refractivity contribution is 5.70. The molecule has 0 N–H and O–H groups in total. The van der Waals surface area contributed by atoms with Crippen molar-refractivity contribution in [2.45, 2.75) is 45.3 Å². The number of carbonyl (C=O) groups excluding carboxylic acids is 1. The number of ether oxygens (including phenoxy) is 1. The van der Waals surface area contributed by atoms with Crippen LogP contribution in [-0.2, 0) is 9.53 Å². The highest BCUT2D eigenvalue weighted by Gasteiger charge is 2.26. The highest BCUT2D eigenvalue weighted by atomic mass is 16.5. The van der Waals surface area contributed by atoms with Gasteiger partial charge >= 0.3 is 5.97 Å². The number of carbonyl (C=O) groups is 1. The maximum Gasteiger partial charge on any atom is 0.308 e. The van der Waals surface area contributed by atoms with E-state index in [2.05, 4.69) is 6.19 Å². The van der Waals surface area contributed by atoms with Crippen LogP contribution in [0.2, 0.25) is 0 Å². The molecule has 1 aliphatic heterocycles. The molecule has 0 aromatic heterocycles. The van der Waals surface area contributed by atoms with Gasteiger partial charge in [-0.2, -0.15) is 5.26 Å². The molecule has 1 saturated heterocycles. The van der Waals surface area contributed by atoms with Crippen molar-refractivity contribution in [3.05, 3.63) is 0 Å². The zero-order chi connectivity index (χ0) is 10.6. The third-order valence-corrected chi connectivity index (χ3v) is 2.28. The van der Waals surface area contributed by atoms with Gasteiger partial charge in [0.05, 0.1) is 12.5 Å². The predicted octanol–water partition coefficient (Wildman–Crippen LogP) is 1.27. The topological polar surface area (TPSA) is 53.3 Å². The maximum atomic E-state index is 11.3. The Morgan fingerprint density at radius 2 is 2.43 bits per heavy atom. The van der Waals surface area contributed by atoms with Crippen molar-refractivity contribution in [1.29, 1.82) is 5.26 Å². The summed E-state index contributed by atoms with van der Waals surface area (Å²) >= 11 is 0. The normalized spacial score (nSPS) is 21.0. The fraction of sp³-hybridized carbons (Fsp3) is 0.800. The minimum atomic E-state index is -0.202. The van der Waals surface area contributed by atoms with E-state index in [1.54, 1.807) is 4.90 Å². The van der Waals surface area contributed by atoms with Crippen LogP contribution in [0, 0.1) is 11.5 Å². The van der Waals surface area contributed by atoms with Gasteiger partial charge < -0.3 is 9.64 Å². The average molecular weight is 196 g/mol. The standard InChI is InChI=1S/C10H16N2O2/c1-8(2)14-10(13)6-9-4-3-5-12(9)7-11/h8-9H,3-6H2,1-2H3. The van der Waals surface area contributed by atoms with Gasteiger partial charge in [-0.15, -0.1) is 0 Å². The van der Waals surface area contributed by atoms with Crippen molar-refractivity contribution in [3.63, 3.8) is 0 Å². The number of nitriles is 1. The van der Waals surface area contributed by atoms with Crippen LogP contribution in [0.15, 0.2) is 0 Å². The fourth-order valence-corrected chi connectivity index (χ4v) is 1.68. The number of nitrogens with zero attached hydrogens (tertiary/aromatic N) is 2. The molecule has 0 bridgehead atoms. The Balaban J connectivity index is 2.37. The molecule has 0 spiro atoms. The molecule has 0 aromatic carbocycles. The number of esters is 1. The summed E-state index contributed by atoms with van der Waals surface area (Å²) in [5, 5.41) is 8.76. The van der Waals surface area contributed by atoms with E-state index in [1.807, 2.05) is 13.8 Å². The maximum absolute atomic E-state index is 11.3. The lowest BCUT2D eigenvalue weighted by Gasteiger charge is -2.17. The third kappa shape index (κ3) is 2.91. The summed E-state index contributed by atoms with van der Waals surface area (Å²) < 4.78 is 5.03. The minimum absolute atomic E-state index is 0.0613. The Morgan fingerprint density at radius 1 is 1.71 bits per heavy atom. The summed E-state index contributed by atoms with van der Waals surface area (Å²) in [5.41, 5.74) is 0. The van der Waals surface area contributed by atoms with E-state index in [0.717, 1.165) is 19.4 Å². The van der Waals surface area contributed by atoms with E-state index in [-0.39, 0.29) is 18.1 Å². The fourth-order valence-electron chi connectivity index (χ4n) is 1.68. The van der Waals surface area contributed by atoms with E-state index in [9.17, 15) is 4.79 Å². The zero-order valence-corrected chi connectivity index (χ0v) is 8.69. The molecule has 1 atom stereocenters. The second kappa shape index (κ2) is 4.85. The van der Waals surface area contributed by atoms with Gasteiger partial charge in [-0.1, -0.05) is 0 Å². The summed E-state index contributed by atoms with van der Waals surface area (Å²) in [5.74, 6) is -0.202. The predicted molar refractivity (Wildman–Crippen MR) is 51.2 cm³/mol. The molecule has 1 rings (SSSR count). The monoisotopic (exact) mass is 196 g/mol. The first-order valence-electron chi connectivity index (χ1n) is 4.99. The molecular weight excluding hydrogens is 180 g/mol. The van der Waals surface area contributed by atoms with Crippen LogP contribution < -0.4 is 0 Å². The highest BCUT2D eigenvalue weighted by Crippen LogP contribution is 2.19. The van der Waals surface area contributed by atoms with Crippen LogP contribution in [-0.4, -0.2) is 29.6 Å². The van der Waals surface area contributed by atoms with Gasteiger partial charge in [-0.05, 0) is 26.7 Å². The van der Waals surface area contributed by atoms with Crippen LogP contribution in [0.4, 0.5) is 0 Å². The lowest BCUT2D eigenvalue weighted by Crippen LogP contribution is -2.28. The van der Waals surface area contributed by atoms with E-state index in [1.165, 1.54) is 0 Å². The third-order valence-electron chi connectivity index (χ3n) is 2.28. The SMILES string of the molecule is CC(C)OC(=O)CC1CCCN1C#N. The Bertz CT molecular complexity index is 245. The summed E-state index contributed by atoms with van der Waals surface area (Å²) in [7, 11) is 0. The Morgan fingerprint density at radius 3 is 3.00 bits per heavy atom. The van der Waals surface area contributed by atoms with Gasteiger partial charge in [0.1, 0.15) is 0 Å². The lowest BCUT2D eigenvalue weighted by molar-refractivity contribution is -0.148. The van der Waals surface area contributed by atoms with E-state index in [0.29, 0.717) is 6.42 Å². The van der Waals surface area contributed by atoms with Gasteiger partial charge in [0.2, 0.25) is 0 Å². The Kier molecular flexibility index (Phi) is 3.75. The summed E-state index contributed by atoms with van der Waals surface area (Å²) in [6, 6.07) is 0.0613. The smallest absolute Gasteiger partial charge is 0.308 e. The van der Waals surface area contributed by atoms with Crippen LogP contribution >= 0.6 is 0 Å². The summed E-state index contributed by atoms with van der Waals surface area (Å²) in [6.45, 7) is 4.43. The van der Waals surface area contributed by atoms with Crippen LogP contribution in [0.3, 0.4) is 0 Å². The quantitative estimate of drug-likeness (QED) is 0.504. The summed E-state index contributed by atoms with van der Waals surface area (Å²) in [6.07, 6.45) is 4.28. The van der Waals surface area contributed by atoms with Crippen molar-refractivity contribution < 1.29 is 9.53 Å². The van der Waals surface area contributed by atoms with Gasteiger partial charge in [-0.25, -0.2) is 0 Å². The molecule has 1 fully saturated rings. The number of hydrogen-bond acceptors (Lipinski definition) is 4. The van der Waals surface area contributed by atoms with Crippen molar-refractivity contribution in [2.75, 3.05) is 6.54 Å².